The molecule has 0 unspecified atom stereocenters. The highest BCUT2D eigenvalue weighted by molar-refractivity contribution is 7.19. The lowest BCUT2D eigenvalue weighted by atomic mass is 10.0. The molecule has 2 aromatic heterocycles. The van der Waals surface area contributed by atoms with Gasteiger partial charge in [0.2, 0.25) is 0 Å². The van der Waals surface area contributed by atoms with Crippen LogP contribution in [0.2, 0.25) is 0 Å². The molecule has 2 heterocycles. The number of benzene rings is 10. The fourth-order valence-corrected chi connectivity index (χ4v) is 11.4. The lowest BCUT2D eigenvalue weighted by Gasteiger charge is -2.26. The van der Waals surface area contributed by atoms with Crippen molar-refractivity contribution in [3.05, 3.63) is 279 Å². The summed E-state index contributed by atoms with van der Waals surface area (Å²) in [4.78, 5) is 17.4. The molecule has 72 heavy (non-hydrogen) atoms. The summed E-state index contributed by atoms with van der Waals surface area (Å²) in [5.41, 5.74) is 17.5. The van der Waals surface area contributed by atoms with Gasteiger partial charge in [0.15, 0.2) is 0 Å². The monoisotopic (exact) mass is 958 g/mol. The van der Waals surface area contributed by atoms with Crippen molar-refractivity contribution in [1.29, 1.82) is 0 Å². The zero-order valence-corrected chi connectivity index (χ0v) is 40.8. The van der Waals surface area contributed by atoms with Crippen LogP contribution in [0.3, 0.4) is 0 Å². The third kappa shape index (κ3) is 9.16. The molecule has 342 valence electrons. The Morgan fingerprint density at radius 1 is 0.208 bits per heavy atom. The minimum atomic E-state index is 0.994. The van der Waals surface area contributed by atoms with Gasteiger partial charge in [-0.2, -0.15) is 0 Å². The molecule has 12 aromatic rings. The lowest BCUT2D eigenvalue weighted by Crippen LogP contribution is -2.10. The fourth-order valence-electron chi connectivity index (χ4n) is 9.20. The summed E-state index contributed by atoms with van der Waals surface area (Å²) in [6, 6.07) is 98.6. The molecule has 0 bridgehead atoms. The summed E-state index contributed by atoms with van der Waals surface area (Å²) < 4.78 is 0. The van der Waals surface area contributed by atoms with Gasteiger partial charge in [0, 0.05) is 56.4 Å². The molecule has 0 amide bonds. The minimum Gasteiger partial charge on any atom is -0.311 e. The van der Waals surface area contributed by atoms with Crippen LogP contribution in [0, 0.1) is 0 Å². The van der Waals surface area contributed by atoms with Crippen molar-refractivity contribution in [2.45, 2.75) is 0 Å². The Kier molecular flexibility index (Phi) is 12.4. The summed E-state index contributed by atoms with van der Waals surface area (Å²) in [6.07, 6.45) is 0. The smallest absolute Gasteiger partial charge is 0.124 e. The van der Waals surface area contributed by atoms with Gasteiger partial charge in [-0.1, -0.05) is 182 Å². The van der Waals surface area contributed by atoms with Crippen LogP contribution < -0.4 is 9.80 Å². The molecule has 0 aliphatic heterocycles. The molecule has 4 nitrogen and oxygen atoms in total. The molecule has 0 N–H and O–H groups in total. The second-order valence-electron chi connectivity index (χ2n) is 17.4. The van der Waals surface area contributed by atoms with E-state index in [-0.39, 0.29) is 0 Å². The molecule has 0 saturated heterocycles. The zero-order valence-electron chi connectivity index (χ0n) is 39.2. The largest absolute Gasteiger partial charge is 0.311 e. The van der Waals surface area contributed by atoms with Crippen LogP contribution >= 0.6 is 22.7 Å². The number of para-hydroxylation sites is 2. The SMILES string of the molecule is c1ccc(-c2nc(-c3ccc(N(c4ccccc4)c4ccc(-c5ccc(N(c6ccccc6)c6ccc(-c7nc(-c8ccccc8)c(-c8ccccc8)s7)cc6)cc5)cc4)cc3)sc2-c2ccccc2)cc1. The number of anilines is 6. The summed E-state index contributed by atoms with van der Waals surface area (Å²) in [7, 11) is 0. The van der Waals surface area contributed by atoms with Crippen LogP contribution in [0.15, 0.2) is 279 Å². The van der Waals surface area contributed by atoms with E-state index in [9.17, 15) is 0 Å². The van der Waals surface area contributed by atoms with E-state index in [1.54, 1.807) is 22.7 Å². The number of hydrogen-bond donors (Lipinski definition) is 0. The molecule has 6 heteroatoms. The first-order valence-corrected chi connectivity index (χ1v) is 25.7. The molecule has 0 aliphatic rings. The highest BCUT2D eigenvalue weighted by Gasteiger charge is 2.20. The standard InChI is InChI=1S/C66H46N4S2/c1-7-19-49(20-8-1)61-63(51-23-11-3-12-24-51)71-65(67-61)53-35-43-59(44-36-53)69(55-27-15-5-16-28-55)57-39-31-47(32-40-57)48-33-41-58(42-34-48)70(56-29-17-6-18-30-56)60-45-37-54(38-46-60)66-68-62(50-21-9-2-10-22-50)64(72-66)52-25-13-4-14-26-52/h1-46H. The second kappa shape index (κ2) is 20.2. The van der Waals surface area contributed by atoms with Crippen molar-refractivity contribution < 1.29 is 0 Å². The summed E-state index contributed by atoms with van der Waals surface area (Å²) in [5, 5.41) is 1.99. The lowest BCUT2D eigenvalue weighted by molar-refractivity contribution is 1.28. The quantitative estimate of drug-likeness (QED) is 0.115. The predicted octanol–water partition coefficient (Wildman–Crippen LogP) is 19.2. The van der Waals surface area contributed by atoms with Crippen LogP contribution in [0.1, 0.15) is 0 Å². The van der Waals surface area contributed by atoms with Crippen molar-refractivity contribution in [2.75, 3.05) is 9.80 Å². The van der Waals surface area contributed by atoms with Gasteiger partial charge in [-0.25, -0.2) is 9.97 Å². The van der Waals surface area contributed by atoms with Gasteiger partial charge < -0.3 is 9.80 Å². The minimum absolute atomic E-state index is 0.994. The number of hydrogen-bond acceptors (Lipinski definition) is 6. The van der Waals surface area contributed by atoms with Gasteiger partial charge in [-0.3, -0.25) is 0 Å². The average molecular weight is 959 g/mol. The Bertz CT molecular complexity index is 3310. The summed E-state index contributed by atoms with van der Waals surface area (Å²) in [5.74, 6) is 0. The van der Waals surface area contributed by atoms with E-state index in [0.717, 1.165) is 88.9 Å². The normalized spacial score (nSPS) is 11.1. The topological polar surface area (TPSA) is 32.3 Å². The highest BCUT2D eigenvalue weighted by atomic mass is 32.1. The molecule has 0 saturated carbocycles. The van der Waals surface area contributed by atoms with Crippen LogP contribution in [0.4, 0.5) is 34.1 Å². The first kappa shape index (κ1) is 44.3. The molecule has 0 aliphatic carbocycles. The maximum Gasteiger partial charge on any atom is 0.124 e. The van der Waals surface area contributed by atoms with Crippen molar-refractivity contribution in [3.63, 3.8) is 0 Å². The molecule has 0 fully saturated rings. The van der Waals surface area contributed by atoms with Gasteiger partial charge >= 0.3 is 0 Å². The van der Waals surface area contributed by atoms with Gasteiger partial charge in [-0.05, 0) is 119 Å². The van der Waals surface area contributed by atoms with E-state index in [0.29, 0.717) is 0 Å². The van der Waals surface area contributed by atoms with Crippen LogP contribution in [-0.4, -0.2) is 9.97 Å². The van der Waals surface area contributed by atoms with E-state index in [1.165, 1.54) is 20.9 Å². The first-order valence-electron chi connectivity index (χ1n) is 24.1. The molecule has 12 rings (SSSR count). The Morgan fingerprint density at radius 3 is 0.736 bits per heavy atom. The van der Waals surface area contributed by atoms with Crippen molar-refractivity contribution >= 4 is 56.8 Å². The third-order valence-corrected chi connectivity index (χ3v) is 15.1. The Hall–Kier alpha value is -8.94. The number of aromatic nitrogens is 2. The molecule has 0 spiro atoms. The zero-order chi connectivity index (χ0) is 48.1. The maximum atomic E-state index is 5.24. The number of thiazole rings is 2. The van der Waals surface area contributed by atoms with Crippen LogP contribution in [-0.2, 0) is 0 Å². The average Bonchev–Trinajstić information content (AvgIpc) is 4.13. The number of nitrogens with zero attached hydrogens (tertiary/aromatic N) is 4. The van der Waals surface area contributed by atoms with Gasteiger partial charge in [-0.15, -0.1) is 22.7 Å². The van der Waals surface area contributed by atoms with E-state index < -0.39 is 0 Å². The Balaban J connectivity index is 0.816. The molecular weight excluding hydrogens is 913 g/mol. The van der Waals surface area contributed by atoms with E-state index in [2.05, 4.69) is 289 Å². The van der Waals surface area contributed by atoms with Crippen LogP contribution in [0.25, 0.3) is 75.7 Å². The van der Waals surface area contributed by atoms with Crippen molar-refractivity contribution in [3.8, 4) is 75.7 Å². The number of rotatable bonds is 13. The molecule has 0 atom stereocenters. The van der Waals surface area contributed by atoms with E-state index >= 15 is 0 Å². The van der Waals surface area contributed by atoms with Gasteiger partial charge in [0.25, 0.3) is 0 Å². The molecule has 0 radical (unpaired) electrons. The highest BCUT2D eigenvalue weighted by Crippen LogP contribution is 2.44. The van der Waals surface area contributed by atoms with Gasteiger partial charge in [0.1, 0.15) is 10.0 Å². The van der Waals surface area contributed by atoms with E-state index in [4.69, 9.17) is 9.97 Å². The second-order valence-corrected chi connectivity index (χ2v) is 19.4. The fraction of sp³-hybridized carbons (Fsp3) is 0. The Labute approximate surface area is 428 Å². The summed E-state index contributed by atoms with van der Waals surface area (Å²) in [6.45, 7) is 0. The van der Waals surface area contributed by atoms with Crippen LogP contribution in [0.5, 0.6) is 0 Å². The van der Waals surface area contributed by atoms with Crippen molar-refractivity contribution in [1.82, 2.24) is 9.97 Å². The third-order valence-electron chi connectivity index (χ3n) is 12.8. The van der Waals surface area contributed by atoms with Gasteiger partial charge in [0.05, 0.1) is 21.1 Å². The predicted molar refractivity (Wildman–Crippen MR) is 305 cm³/mol. The first-order chi connectivity index (χ1) is 35.7. The van der Waals surface area contributed by atoms with E-state index in [1.807, 2.05) is 0 Å². The van der Waals surface area contributed by atoms with Crippen molar-refractivity contribution in [2.24, 2.45) is 0 Å². The summed E-state index contributed by atoms with van der Waals surface area (Å²) >= 11 is 3.47. The molecular formula is C66H46N4S2. The Morgan fingerprint density at radius 2 is 0.444 bits per heavy atom. The maximum absolute atomic E-state index is 5.24. The molecule has 10 aromatic carbocycles.